The number of hydrazine groups is 1. The summed E-state index contributed by atoms with van der Waals surface area (Å²) in [6, 6.07) is 1.94. The number of hydrogen-bond donors (Lipinski definition) is 2. The van der Waals surface area contributed by atoms with Crippen LogP contribution in [0.5, 0.6) is 0 Å². The van der Waals surface area contributed by atoms with Crippen LogP contribution in [-0.2, 0) is 17.6 Å². The Morgan fingerprint density at radius 2 is 2.05 bits per heavy atom. The van der Waals surface area contributed by atoms with Gasteiger partial charge < -0.3 is 4.74 Å². The third-order valence-electron chi connectivity index (χ3n) is 3.02. The van der Waals surface area contributed by atoms with Crippen molar-refractivity contribution in [2.24, 2.45) is 0 Å². The first-order chi connectivity index (χ1) is 9.20. The summed E-state index contributed by atoms with van der Waals surface area (Å²) < 4.78 is 4.66. The first-order valence-electron chi connectivity index (χ1n) is 6.55. The normalized spacial score (nSPS) is 14.2. The fourth-order valence-corrected chi connectivity index (χ4v) is 3.26. The van der Waals surface area contributed by atoms with Gasteiger partial charge in [-0.05, 0) is 44.2 Å². The molecule has 2 amide bonds. The summed E-state index contributed by atoms with van der Waals surface area (Å²) in [6.45, 7) is 1.98. The van der Waals surface area contributed by atoms with E-state index in [9.17, 15) is 9.59 Å². The zero-order valence-corrected chi connectivity index (χ0v) is 11.8. The van der Waals surface area contributed by atoms with Crippen molar-refractivity contribution in [1.29, 1.82) is 0 Å². The second-order valence-corrected chi connectivity index (χ2v) is 5.56. The number of hydrogen-bond acceptors (Lipinski definition) is 4. The molecule has 0 atom stereocenters. The van der Waals surface area contributed by atoms with Crippen LogP contribution in [0.25, 0.3) is 0 Å². The molecule has 2 rings (SSSR count). The zero-order valence-electron chi connectivity index (χ0n) is 11.0. The van der Waals surface area contributed by atoms with Crippen molar-refractivity contribution in [1.82, 2.24) is 10.9 Å². The highest BCUT2D eigenvalue weighted by molar-refractivity contribution is 7.14. The first kappa shape index (κ1) is 13.9. The average molecular weight is 282 g/mol. The van der Waals surface area contributed by atoms with E-state index in [0.29, 0.717) is 4.88 Å². The second kappa shape index (κ2) is 6.56. The molecule has 1 aliphatic rings. The molecule has 5 nitrogen and oxygen atoms in total. The summed E-state index contributed by atoms with van der Waals surface area (Å²) in [5, 5.41) is 0. The number of rotatable bonds is 2. The summed E-state index contributed by atoms with van der Waals surface area (Å²) >= 11 is 1.52. The van der Waals surface area contributed by atoms with Crippen molar-refractivity contribution in [2.45, 2.75) is 39.0 Å². The Kier molecular flexibility index (Phi) is 4.79. The number of ether oxygens (including phenoxy) is 1. The molecule has 0 radical (unpaired) electrons. The Morgan fingerprint density at radius 3 is 2.84 bits per heavy atom. The van der Waals surface area contributed by atoms with E-state index in [2.05, 4.69) is 15.6 Å². The minimum Gasteiger partial charge on any atom is -0.449 e. The van der Waals surface area contributed by atoms with Gasteiger partial charge in [-0.25, -0.2) is 10.2 Å². The van der Waals surface area contributed by atoms with Crippen molar-refractivity contribution in [3.05, 3.63) is 21.4 Å². The van der Waals surface area contributed by atoms with Crippen LogP contribution in [-0.4, -0.2) is 18.6 Å². The quantitative estimate of drug-likeness (QED) is 0.646. The Morgan fingerprint density at radius 1 is 1.26 bits per heavy atom. The van der Waals surface area contributed by atoms with Gasteiger partial charge in [0.25, 0.3) is 5.91 Å². The van der Waals surface area contributed by atoms with Gasteiger partial charge >= 0.3 is 6.09 Å². The van der Waals surface area contributed by atoms with E-state index >= 15 is 0 Å². The Bertz CT molecular complexity index is 447. The number of aryl methyl sites for hydroxylation is 2. The van der Waals surface area contributed by atoms with Crippen LogP contribution in [0, 0.1) is 0 Å². The third-order valence-corrected chi connectivity index (χ3v) is 4.26. The number of carbonyl (C=O) groups is 2. The second-order valence-electron chi connectivity index (χ2n) is 4.42. The fourth-order valence-electron chi connectivity index (χ4n) is 2.12. The summed E-state index contributed by atoms with van der Waals surface area (Å²) in [4.78, 5) is 24.9. The van der Waals surface area contributed by atoms with Gasteiger partial charge in [-0.2, -0.15) is 0 Å². The number of carbonyl (C=O) groups excluding carboxylic acids is 2. The minimum absolute atomic E-state index is 0.273. The molecule has 104 valence electrons. The van der Waals surface area contributed by atoms with E-state index < -0.39 is 6.09 Å². The predicted octanol–water partition coefficient (Wildman–Crippen LogP) is 2.41. The maximum Gasteiger partial charge on any atom is 0.426 e. The highest BCUT2D eigenvalue weighted by atomic mass is 32.1. The molecule has 1 aliphatic carbocycles. The molecule has 0 aliphatic heterocycles. The van der Waals surface area contributed by atoms with E-state index in [-0.39, 0.29) is 12.5 Å². The van der Waals surface area contributed by atoms with Crippen LogP contribution < -0.4 is 10.9 Å². The molecule has 1 heterocycles. The highest BCUT2D eigenvalue weighted by Gasteiger charge is 2.16. The maximum absolute atomic E-state index is 11.9. The lowest BCUT2D eigenvalue weighted by molar-refractivity contribution is 0.0916. The van der Waals surface area contributed by atoms with Crippen molar-refractivity contribution < 1.29 is 14.3 Å². The zero-order chi connectivity index (χ0) is 13.7. The molecule has 0 fully saturated rings. The monoisotopic (exact) mass is 282 g/mol. The van der Waals surface area contributed by atoms with Crippen LogP contribution >= 0.6 is 11.3 Å². The summed E-state index contributed by atoms with van der Waals surface area (Å²) in [5.74, 6) is -0.286. The van der Waals surface area contributed by atoms with E-state index in [0.717, 1.165) is 12.8 Å². The molecule has 2 N–H and O–H groups in total. The van der Waals surface area contributed by atoms with E-state index in [1.807, 2.05) is 6.07 Å². The van der Waals surface area contributed by atoms with Crippen molar-refractivity contribution >= 4 is 23.3 Å². The van der Waals surface area contributed by atoms with Crippen molar-refractivity contribution in [3.8, 4) is 0 Å². The molecule has 6 heteroatoms. The molecule has 0 saturated heterocycles. The lowest BCUT2D eigenvalue weighted by Gasteiger charge is -2.05. The first-order valence-corrected chi connectivity index (χ1v) is 7.37. The van der Waals surface area contributed by atoms with Crippen LogP contribution in [0.3, 0.4) is 0 Å². The lowest BCUT2D eigenvalue weighted by Crippen LogP contribution is -2.41. The van der Waals surface area contributed by atoms with Crippen molar-refractivity contribution in [3.63, 3.8) is 0 Å². The van der Waals surface area contributed by atoms with Gasteiger partial charge in [0.15, 0.2) is 0 Å². The topological polar surface area (TPSA) is 67.4 Å². The largest absolute Gasteiger partial charge is 0.449 e. The third kappa shape index (κ3) is 3.70. The molecule has 0 bridgehead atoms. The van der Waals surface area contributed by atoms with Crippen LogP contribution in [0.2, 0.25) is 0 Å². The molecular weight excluding hydrogens is 264 g/mol. The standard InChI is InChI=1S/C13H18N2O3S/c1-2-18-13(17)15-14-12(16)11-8-9-6-4-3-5-7-10(9)19-11/h8H,2-7H2,1H3,(H,14,16)(H,15,17). The van der Waals surface area contributed by atoms with Crippen LogP contribution in [0.15, 0.2) is 6.07 Å². The Hall–Kier alpha value is -1.56. The van der Waals surface area contributed by atoms with E-state index in [1.54, 1.807) is 6.92 Å². The molecule has 0 spiro atoms. The summed E-state index contributed by atoms with van der Waals surface area (Å²) in [5.41, 5.74) is 5.86. The molecule has 0 aromatic carbocycles. The van der Waals surface area contributed by atoms with Crippen molar-refractivity contribution in [2.75, 3.05) is 6.61 Å². The molecule has 1 aromatic heterocycles. The smallest absolute Gasteiger partial charge is 0.426 e. The number of fused-ring (bicyclic) bond motifs is 1. The van der Waals surface area contributed by atoms with Gasteiger partial charge in [0, 0.05) is 4.88 Å². The minimum atomic E-state index is -0.644. The fraction of sp³-hybridized carbons (Fsp3) is 0.538. The predicted molar refractivity (Wildman–Crippen MR) is 73.2 cm³/mol. The van der Waals surface area contributed by atoms with Gasteiger partial charge in [-0.3, -0.25) is 10.2 Å². The summed E-state index contributed by atoms with van der Waals surface area (Å²) in [6.07, 6.45) is 5.09. The Labute approximate surface area is 116 Å². The molecular formula is C13H18N2O3S. The van der Waals surface area contributed by atoms with Crippen LogP contribution in [0.4, 0.5) is 4.79 Å². The number of nitrogens with one attached hydrogen (secondary N) is 2. The lowest BCUT2D eigenvalue weighted by atomic mass is 10.1. The van der Waals surface area contributed by atoms with Gasteiger partial charge in [-0.1, -0.05) is 6.42 Å². The molecule has 0 saturated carbocycles. The average Bonchev–Trinajstić information content (AvgIpc) is 2.68. The van der Waals surface area contributed by atoms with E-state index in [4.69, 9.17) is 0 Å². The van der Waals surface area contributed by atoms with Gasteiger partial charge in [0.2, 0.25) is 0 Å². The molecule has 1 aromatic rings. The highest BCUT2D eigenvalue weighted by Crippen LogP contribution is 2.28. The van der Waals surface area contributed by atoms with E-state index in [1.165, 1.54) is 41.0 Å². The molecule has 19 heavy (non-hydrogen) atoms. The van der Waals surface area contributed by atoms with Gasteiger partial charge in [0.05, 0.1) is 11.5 Å². The van der Waals surface area contributed by atoms with Crippen LogP contribution in [0.1, 0.15) is 46.3 Å². The Balaban J connectivity index is 1.94. The maximum atomic E-state index is 11.9. The SMILES string of the molecule is CCOC(=O)NNC(=O)c1cc2c(s1)CCCCC2. The van der Waals surface area contributed by atoms with Gasteiger partial charge in [-0.15, -0.1) is 11.3 Å². The molecule has 0 unspecified atom stereocenters. The van der Waals surface area contributed by atoms with Gasteiger partial charge in [0.1, 0.15) is 0 Å². The summed E-state index contributed by atoms with van der Waals surface area (Å²) in [7, 11) is 0. The number of thiophene rings is 1. The number of amides is 2.